The van der Waals surface area contributed by atoms with Crippen molar-refractivity contribution in [3.05, 3.63) is 29.6 Å². The summed E-state index contributed by atoms with van der Waals surface area (Å²) in [6, 6.07) is 4.12. The van der Waals surface area contributed by atoms with Gasteiger partial charge in [-0.3, -0.25) is 9.59 Å². The Labute approximate surface area is 104 Å². The highest BCUT2D eigenvalue weighted by molar-refractivity contribution is 5.94. The molecule has 1 aromatic rings. The third-order valence-corrected chi connectivity index (χ3v) is 2.86. The van der Waals surface area contributed by atoms with E-state index in [4.69, 9.17) is 4.74 Å². The normalized spacial score (nSPS) is 18.6. The molecule has 0 bridgehead atoms. The maximum Gasteiger partial charge on any atom is 0.220 e. The second-order valence-electron chi connectivity index (χ2n) is 4.31. The number of ether oxygens (including phenoxy) is 1. The molecule has 1 atom stereocenters. The molecule has 1 heterocycles. The fraction of sp³-hybridized carbons (Fsp3) is 0.385. The lowest BCUT2D eigenvalue weighted by molar-refractivity contribution is -0.119. The Bertz CT molecular complexity index is 487. The molecule has 5 heteroatoms. The summed E-state index contributed by atoms with van der Waals surface area (Å²) in [4.78, 5) is 22.0. The van der Waals surface area contributed by atoms with E-state index >= 15 is 0 Å². The zero-order valence-electron chi connectivity index (χ0n) is 10.0. The number of ketones is 1. The Morgan fingerprint density at radius 2 is 2.33 bits per heavy atom. The zero-order valence-corrected chi connectivity index (χ0v) is 10.0. The van der Waals surface area contributed by atoms with Crippen molar-refractivity contribution in [3.8, 4) is 5.75 Å². The molecule has 18 heavy (non-hydrogen) atoms. The molecule has 0 radical (unpaired) electrons. The summed E-state index contributed by atoms with van der Waals surface area (Å²) < 4.78 is 18.9. The van der Waals surface area contributed by atoms with Gasteiger partial charge in [0.25, 0.3) is 0 Å². The average molecular weight is 251 g/mol. The Hall–Kier alpha value is -1.91. The van der Waals surface area contributed by atoms with Gasteiger partial charge in [-0.15, -0.1) is 0 Å². The largest absolute Gasteiger partial charge is 0.491 e. The maximum atomic E-state index is 13.5. The molecule has 1 aliphatic rings. The van der Waals surface area contributed by atoms with Gasteiger partial charge >= 0.3 is 0 Å². The Morgan fingerprint density at radius 1 is 1.56 bits per heavy atom. The van der Waals surface area contributed by atoms with Gasteiger partial charge in [-0.25, -0.2) is 4.39 Å². The lowest BCUT2D eigenvalue weighted by Crippen LogP contribution is -2.30. The van der Waals surface area contributed by atoms with E-state index in [9.17, 15) is 14.0 Å². The van der Waals surface area contributed by atoms with Crippen molar-refractivity contribution in [2.75, 3.05) is 6.61 Å². The molecule has 0 aromatic heterocycles. The maximum absolute atomic E-state index is 13.5. The average Bonchev–Trinajstić information content (AvgIpc) is 2.72. The Balaban J connectivity index is 1.96. The summed E-state index contributed by atoms with van der Waals surface area (Å²) in [5.41, 5.74) is 0.0523. The number of carbonyl (C=O) groups is 2. The third kappa shape index (κ3) is 2.85. The van der Waals surface area contributed by atoms with Crippen molar-refractivity contribution < 1.29 is 18.7 Å². The first-order valence-electron chi connectivity index (χ1n) is 5.79. The highest BCUT2D eigenvalue weighted by Gasteiger charge is 2.21. The molecule has 1 amide bonds. The van der Waals surface area contributed by atoms with E-state index in [1.165, 1.54) is 19.1 Å². The molecule has 1 fully saturated rings. The zero-order chi connectivity index (χ0) is 13.1. The highest BCUT2D eigenvalue weighted by atomic mass is 19.1. The van der Waals surface area contributed by atoms with E-state index in [1.54, 1.807) is 6.07 Å². The van der Waals surface area contributed by atoms with Crippen molar-refractivity contribution in [2.24, 2.45) is 0 Å². The van der Waals surface area contributed by atoms with Crippen LogP contribution in [0.15, 0.2) is 18.2 Å². The highest BCUT2D eigenvalue weighted by Crippen LogP contribution is 2.18. The summed E-state index contributed by atoms with van der Waals surface area (Å²) in [5.74, 6) is -0.530. The quantitative estimate of drug-likeness (QED) is 0.828. The molecule has 1 aromatic carbocycles. The van der Waals surface area contributed by atoms with Crippen molar-refractivity contribution in [1.82, 2.24) is 5.32 Å². The molecule has 1 saturated heterocycles. The molecule has 0 spiro atoms. The third-order valence-electron chi connectivity index (χ3n) is 2.86. The van der Waals surface area contributed by atoms with E-state index in [0.29, 0.717) is 18.8 Å². The first-order chi connectivity index (χ1) is 8.56. The number of carbonyl (C=O) groups excluding carboxylic acids is 2. The van der Waals surface area contributed by atoms with Gasteiger partial charge < -0.3 is 10.1 Å². The van der Waals surface area contributed by atoms with Crippen molar-refractivity contribution in [2.45, 2.75) is 25.8 Å². The van der Waals surface area contributed by atoms with E-state index in [-0.39, 0.29) is 23.3 Å². The van der Waals surface area contributed by atoms with Gasteiger partial charge in [0.15, 0.2) is 5.78 Å². The number of nitrogens with one attached hydrogen (secondary N) is 1. The number of rotatable bonds is 4. The van der Waals surface area contributed by atoms with Gasteiger partial charge in [0, 0.05) is 12.5 Å². The van der Waals surface area contributed by atoms with Crippen LogP contribution in [-0.4, -0.2) is 24.3 Å². The molecule has 0 saturated carbocycles. The van der Waals surface area contributed by atoms with Gasteiger partial charge in [0.1, 0.15) is 18.2 Å². The van der Waals surface area contributed by atoms with Crippen molar-refractivity contribution >= 4 is 11.7 Å². The van der Waals surface area contributed by atoms with E-state index in [0.717, 1.165) is 6.42 Å². The number of hydrogen-bond acceptors (Lipinski definition) is 3. The predicted molar refractivity (Wildman–Crippen MR) is 63.1 cm³/mol. The molecule has 1 unspecified atom stereocenters. The SMILES string of the molecule is CC(=O)c1ccc(OCC2CCC(=O)N2)cc1F. The minimum Gasteiger partial charge on any atom is -0.491 e. The van der Waals surface area contributed by atoms with E-state index in [1.807, 2.05) is 0 Å². The lowest BCUT2D eigenvalue weighted by Gasteiger charge is -2.12. The van der Waals surface area contributed by atoms with Gasteiger partial charge in [0.05, 0.1) is 11.6 Å². The molecule has 4 nitrogen and oxygen atoms in total. The van der Waals surface area contributed by atoms with Crippen LogP contribution in [0.5, 0.6) is 5.75 Å². The number of benzene rings is 1. The number of amides is 1. The second kappa shape index (κ2) is 5.16. The van der Waals surface area contributed by atoms with Gasteiger partial charge in [-0.05, 0) is 25.5 Å². The fourth-order valence-electron chi connectivity index (χ4n) is 1.87. The molecule has 96 valence electrons. The monoisotopic (exact) mass is 251 g/mol. The van der Waals surface area contributed by atoms with Crippen molar-refractivity contribution in [1.29, 1.82) is 0 Å². The van der Waals surface area contributed by atoms with Gasteiger partial charge in [-0.2, -0.15) is 0 Å². The molecule has 1 aliphatic heterocycles. The van der Waals surface area contributed by atoms with Crippen LogP contribution >= 0.6 is 0 Å². The molecule has 2 rings (SSSR count). The van der Waals surface area contributed by atoms with Crippen LogP contribution in [0.4, 0.5) is 4.39 Å². The minimum absolute atomic E-state index is 0.0155. The smallest absolute Gasteiger partial charge is 0.220 e. The first-order valence-corrected chi connectivity index (χ1v) is 5.79. The summed E-state index contributed by atoms with van der Waals surface area (Å²) in [5, 5.41) is 2.76. The van der Waals surface area contributed by atoms with Crippen LogP contribution in [0.25, 0.3) is 0 Å². The number of hydrogen-bond donors (Lipinski definition) is 1. The molecule has 0 aliphatic carbocycles. The van der Waals surface area contributed by atoms with E-state index in [2.05, 4.69) is 5.32 Å². The minimum atomic E-state index is -0.588. The van der Waals surface area contributed by atoms with Crippen LogP contribution in [0.2, 0.25) is 0 Å². The second-order valence-corrected chi connectivity index (χ2v) is 4.31. The van der Waals surface area contributed by atoms with Crippen LogP contribution < -0.4 is 10.1 Å². The standard InChI is InChI=1S/C13H14FNO3/c1-8(16)11-4-3-10(6-12(11)14)18-7-9-2-5-13(17)15-9/h3-4,6,9H,2,5,7H2,1H3,(H,15,17). The number of Topliss-reactive ketones (excluding diaryl/α,β-unsaturated/α-hetero) is 1. The summed E-state index contributed by atoms with van der Waals surface area (Å²) in [6.07, 6.45) is 1.23. The van der Waals surface area contributed by atoms with Crippen molar-refractivity contribution in [3.63, 3.8) is 0 Å². The lowest BCUT2D eigenvalue weighted by atomic mass is 10.1. The van der Waals surface area contributed by atoms with Crippen LogP contribution in [0.1, 0.15) is 30.1 Å². The summed E-state index contributed by atoms with van der Waals surface area (Å²) in [6.45, 7) is 1.62. The van der Waals surface area contributed by atoms with Gasteiger partial charge in [0.2, 0.25) is 5.91 Å². The first kappa shape index (κ1) is 12.5. The van der Waals surface area contributed by atoms with Crippen LogP contribution in [-0.2, 0) is 4.79 Å². The summed E-state index contributed by atoms with van der Waals surface area (Å²) >= 11 is 0. The topological polar surface area (TPSA) is 55.4 Å². The summed E-state index contributed by atoms with van der Waals surface area (Å²) in [7, 11) is 0. The molecule has 1 N–H and O–H groups in total. The van der Waals surface area contributed by atoms with Gasteiger partial charge in [-0.1, -0.05) is 0 Å². The van der Waals surface area contributed by atoms with Crippen LogP contribution in [0, 0.1) is 5.82 Å². The fourth-order valence-corrected chi connectivity index (χ4v) is 1.87. The van der Waals surface area contributed by atoms with E-state index < -0.39 is 5.82 Å². The predicted octanol–water partition coefficient (Wildman–Crippen LogP) is 1.69. The molecular weight excluding hydrogens is 237 g/mol. The Morgan fingerprint density at radius 3 is 2.89 bits per heavy atom. The van der Waals surface area contributed by atoms with Crippen LogP contribution in [0.3, 0.4) is 0 Å². The Kier molecular flexibility index (Phi) is 3.60. The number of halogens is 1. The molecular formula is C13H14FNO3.